The molecule has 0 saturated carbocycles. The van der Waals surface area contributed by atoms with Crippen LogP contribution in [0.25, 0.3) is 0 Å². The summed E-state index contributed by atoms with van der Waals surface area (Å²) in [5.41, 5.74) is 0.970. The molecule has 1 aromatic rings. The molecule has 1 aromatic heterocycles. The van der Waals surface area contributed by atoms with Gasteiger partial charge in [0, 0.05) is 25.7 Å². The largest absolute Gasteiger partial charge is 0.314 e. The van der Waals surface area contributed by atoms with Crippen molar-refractivity contribution in [2.24, 2.45) is 0 Å². The number of piperazine rings is 1. The molecule has 0 aliphatic carbocycles. The second-order valence-corrected chi connectivity index (χ2v) is 4.24. The molecule has 0 bridgehead atoms. The van der Waals surface area contributed by atoms with E-state index in [1.807, 2.05) is 5.38 Å². The molecule has 1 fully saturated rings. The number of alkyl halides is 2. The Morgan fingerprint density at radius 1 is 1.43 bits per heavy atom. The van der Waals surface area contributed by atoms with Crippen molar-refractivity contribution in [1.82, 2.24) is 10.6 Å². The molecule has 0 unspecified atom stereocenters. The third-order valence-electron chi connectivity index (χ3n) is 2.30. The number of halogens is 2. The molecule has 2 N–H and O–H groups in total. The first kappa shape index (κ1) is 10.0. The molecule has 5 heteroatoms. The number of nitrogens with one attached hydrogen (secondary N) is 2. The monoisotopic (exact) mass is 218 g/mol. The van der Waals surface area contributed by atoms with Crippen LogP contribution >= 0.6 is 11.3 Å². The fourth-order valence-corrected chi connectivity index (χ4v) is 2.37. The van der Waals surface area contributed by atoms with Crippen LogP contribution in [0.2, 0.25) is 0 Å². The van der Waals surface area contributed by atoms with Gasteiger partial charge in [0.1, 0.15) is 0 Å². The van der Waals surface area contributed by atoms with Crippen LogP contribution in [0.5, 0.6) is 0 Å². The normalized spacial score (nSPS) is 22.9. The molecule has 0 amide bonds. The van der Waals surface area contributed by atoms with Crippen molar-refractivity contribution in [1.29, 1.82) is 0 Å². The Bertz CT molecular complexity index is 295. The van der Waals surface area contributed by atoms with Gasteiger partial charge >= 0.3 is 0 Å². The highest BCUT2D eigenvalue weighted by Gasteiger charge is 2.18. The summed E-state index contributed by atoms with van der Waals surface area (Å²) in [6.07, 6.45) is -2.34. The second-order valence-electron chi connectivity index (χ2n) is 3.29. The fraction of sp³-hybridized carbons (Fsp3) is 0.556. The first-order valence-corrected chi connectivity index (χ1v) is 5.46. The van der Waals surface area contributed by atoms with E-state index in [2.05, 4.69) is 10.6 Å². The topological polar surface area (TPSA) is 24.1 Å². The van der Waals surface area contributed by atoms with Gasteiger partial charge in [-0.05, 0) is 17.0 Å². The molecular weight excluding hydrogens is 206 g/mol. The molecule has 14 heavy (non-hydrogen) atoms. The van der Waals surface area contributed by atoms with Crippen LogP contribution in [0.4, 0.5) is 8.78 Å². The first-order chi connectivity index (χ1) is 6.77. The van der Waals surface area contributed by atoms with E-state index < -0.39 is 6.43 Å². The molecule has 1 aliphatic rings. The lowest BCUT2D eigenvalue weighted by atomic mass is 10.1. The van der Waals surface area contributed by atoms with E-state index in [1.165, 1.54) is 0 Å². The fourth-order valence-electron chi connectivity index (χ4n) is 1.55. The van der Waals surface area contributed by atoms with Gasteiger partial charge in [0.2, 0.25) is 0 Å². The molecule has 1 aliphatic heterocycles. The summed E-state index contributed by atoms with van der Waals surface area (Å²) in [6.45, 7) is 2.66. The molecule has 0 radical (unpaired) electrons. The molecule has 2 heterocycles. The molecule has 78 valence electrons. The van der Waals surface area contributed by atoms with E-state index in [9.17, 15) is 8.78 Å². The minimum atomic E-state index is -2.34. The quantitative estimate of drug-likeness (QED) is 0.792. The van der Waals surface area contributed by atoms with Crippen LogP contribution < -0.4 is 10.6 Å². The van der Waals surface area contributed by atoms with Gasteiger partial charge < -0.3 is 10.6 Å². The Balaban J connectivity index is 2.07. The third kappa shape index (κ3) is 2.10. The molecule has 1 atom stereocenters. The molecule has 2 nitrogen and oxygen atoms in total. The lowest BCUT2D eigenvalue weighted by molar-refractivity contribution is 0.155. The SMILES string of the molecule is FC(F)c1cc([C@@H]2CNCCN2)cs1. The summed E-state index contributed by atoms with van der Waals surface area (Å²) in [5.74, 6) is 0. The summed E-state index contributed by atoms with van der Waals surface area (Å²) in [4.78, 5) is 0.160. The summed E-state index contributed by atoms with van der Waals surface area (Å²) in [6, 6.07) is 1.78. The molecule has 1 saturated heterocycles. The van der Waals surface area contributed by atoms with E-state index in [0.29, 0.717) is 0 Å². The number of hydrogen-bond donors (Lipinski definition) is 2. The van der Waals surface area contributed by atoms with Crippen LogP contribution in [-0.2, 0) is 0 Å². The number of hydrogen-bond acceptors (Lipinski definition) is 3. The Labute approximate surface area is 85.3 Å². The average Bonchev–Trinajstić information content (AvgIpc) is 2.68. The Hall–Kier alpha value is -0.520. The number of thiophene rings is 1. The summed E-state index contributed by atoms with van der Waals surface area (Å²) in [5, 5.41) is 8.32. The summed E-state index contributed by atoms with van der Waals surface area (Å²) >= 11 is 1.13. The predicted molar refractivity (Wildman–Crippen MR) is 52.9 cm³/mol. The van der Waals surface area contributed by atoms with E-state index >= 15 is 0 Å². The Kier molecular flexibility index (Phi) is 3.10. The van der Waals surface area contributed by atoms with Crippen LogP contribution in [-0.4, -0.2) is 19.6 Å². The van der Waals surface area contributed by atoms with Gasteiger partial charge in [-0.25, -0.2) is 8.78 Å². The molecule has 2 rings (SSSR count). The minimum Gasteiger partial charge on any atom is -0.314 e. The van der Waals surface area contributed by atoms with Gasteiger partial charge in [0.15, 0.2) is 0 Å². The highest BCUT2D eigenvalue weighted by Crippen LogP contribution is 2.28. The van der Waals surface area contributed by atoms with Gasteiger partial charge in [-0.15, -0.1) is 11.3 Å². The van der Waals surface area contributed by atoms with E-state index in [0.717, 1.165) is 36.5 Å². The van der Waals surface area contributed by atoms with Gasteiger partial charge in [-0.1, -0.05) is 0 Å². The van der Waals surface area contributed by atoms with Gasteiger partial charge in [-0.2, -0.15) is 0 Å². The molecule has 0 aromatic carbocycles. The zero-order valence-corrected chi connectivity index (χ0v) is 8.41. The second kappa shape index (κ2) is 4.33. The lowest BCUT2D eigenvalue weighted by Gasteiger charge is -2.23. The van der Waals surface area contributed by atoms with Crippen molar-refractivity contribution in [2.75, 3.05) is 19.6 Å². The molecular formula is C9H12F2N2S. The number of rotatable bonds is 2. The zero-order chi connectivity index (χ0) is 9.97. The third-order valence-corrected chi connectivity index (χ3v) is 3.26. The Morgan fingerprint density at radius 2 is 2.29 bits per heavy atom. The van der Waals surface area contributed by atoms with Crippen molar-refractivity contribution in [2.45, 2.75) is 12.5 Å². The van der Waals surface area contributed by atoms with Crippen LogP contribution in [0.3, 0.4) is 0 Å². The van der Waals surface area contributed by atoms with E-state index in [1.54, 1.807) is 6.07 Å². The maximum Gasteiger partial charge on any atom is 0.272 e. The van der Waals surface area contributed by atoms with Crippen molar-refractivity contribution in [3.63, 3.8) is 0 Å². The zero-order valence-electron chi connectivity index (χ0n) is 7.59. The minimum absolute atomic E-state index is 0.160. The van der Waals surface area contributed by atoms with E-state index in [4.69, 9.17) is 0 Å². The van der Waals surface area contributed by atoms with Crippen molar-refractivity contribution in [3.05, 3.63) is 21.9 Å². The molecule has 0 spiro atoms. The Morgan fingerprint density at radius 3 is 2.86 bits per heavy atom. The standard InChI is InChI=1S/C9H12F2N2S/c10-9(11)8-3-6(5-14-8)7-4-12-1-2-13-7/h3,5,7,9,12-13H,1-2,4H2/t7-/m0/s1. The van der Waals surface area contributed by atoms with Gasteiger partial charge in [-0.3, -0.25) is 0 Å². The summed E-state index contributed by atoms with van der Waals surface area (Å²) in [7, 11) is 0. The van der Waals surface area contributed by atoms with Gasteiger partial charge in [0.05, 0.1) is 4.88 Å². The van der Waals surface area contributed by atoms with Crippen LogP contribution in [0, 0.1) is 0 Å². The maximum atomic E-state index is 12.3. The van der Waals surface area contributed by atoms with Crippen LogP contribution in [0.15, 0.2) is 11.4 Å². The van der Waals surface area contributed by atoms with Crippen LogP contribution in [0.1, 0.15) is 22.9 Å². The van der Waals surface area contributed by atoms with Crippen molar-refractivity contribution < 1.29 is 8.78 Å². The van der Waals surface area contributed by atoms with Crippen molar-refractivity contribution >= 4 is 11.3 Å². The maximum absolute atomic E-state index is 12.3. The highest BCUT2D eigenvalue weighted by molar-refractivity contribution is 7.10. The van der Waals surface area contributed by atoms with Gasteiger partial charge in [0.25, 0.3) is 6.43 Å². The highest BCUT2D eigenvalue weighted by atomic mass is 32.1. The first-order valence-electron chi connectivity index (χ1n) is 4.58. The summed E-state index contributed by atoms with van der Waals surface area (Å²) < 4.78 is 24.6. The lowest BCUT2D eigenvalue weighted by Crippen LogP contribution is -2.42. The predicted octanol–water partition coefficient (Wildman–Crippen LogP) is 1.92. The smallest absolute Gasteiger partial charge is 0.272 e. The average molecular weight is 218 g/mol. The van der Waals surface area contributed by atoms with Crippen molar-refractivity contribution in [3.8, 4) is 0 Å². The van der Waals surface area contributed by atoms with E-state index in [-0.39, 0.29) is 10.9 Å².